The molecule has 6 nitrogen and oxygen atoms in total. The first-order valence-corrected chi connectivity index (χ1v) is 8.23. The summed E-state index contributed by atoms with van der Waals surface area (Å²) in [6.45, 7) is 5.06. The van der Waals surface area contributed by atoms with E-state index in [4.69, 9.17) is 0 Å². The van der Waals surface area contributed by atoms with Gasteiger partial charge in [-0.3, -0.25) is 0 Å². The zero-order valence-electron chi connectivity index (χ0n) is 14.0. The Morgan fingerprint density at radius 1 is 1.08 bits per heavy atom. The Hall–Kier alpha value is -3.02. The number of aryl methyl sites for hydroxylation is 1. The van der Waals surface area contributed by atoms with Crippen molar-refractivity contribution in [2.45, 2.75) is 33.4 Å². The first-order chi connectivity index (χ1) is 12.0. The molecule has 6 heteroatoms. The maximum Gasteiger partial charge on any atom is 0.338 e. The van der Waals surface area contributed by atoms with Crippen LogP contribution in [0.25, 0.3) is 10.9 Å². The zero-order valence-corrected chi connectivity index (χ0v) is 14.0. The maximum atomic E-state index is 11.8. The van der Waals surface area contributed by atoms with Gasteiger partial charge in [-0.25, -0.2) is 9.59 Å². The summed E-state index contributed by atoms with van der Waals surface area (Å²) in [5, 5.41) is 20.2. The number of fused-ring (bicyclic) bond motifs is 4. The largest absolute Gasteiger partial charge is 0.478 e. The number of nitrogens with zero attached hydrogens (tertiary/aromatic N) is 2. The van der Waals surface area contributed by atoms with Crippen LogP contribution in [0.5, 0.6) is 0 Å². The average Bonchev–Trinajstić information content (AvgIpc) is 3.05. The third-order valence-corrected chi connectivity index (χ3v) is 5.22. The van der Waals surface area contributed by atoms with Gasteiger partial charge in [0.1, 0.15) is 0 Å². The van der Waals surface area contributed by atoms with Gasteiger partial charge in [0.15, 0.2) is 0 Å². The van der Waals surface area contributed by atoms with Gasteiger partial charge in [0.2, 0.25) is 0 Å². The van der Waals surface area contributed by atoms with Crippen LogP contribution in [-0.2, 0) is 19.5 Å². The fourth-order valence-electron chi connectivity index (χ4n) is 4.17. The van der Waals surface area contributed by atoms with E-state index < -0.39 is 11.9 Å². The topological polar surface area (TPSA) is 84.5 Å². The number of aromatic carboxylic acids is 2. The Morgan fingerprint density at radius 3 is 2.40 bits per heavy atom. The van der Waals surface area contributed by atoms with Crippen LogP contribution in [0.2, 0.25) is 0 Å². The van der Waals surface area contributed by atoms with Gasteiger partial charge < -0.3 is 19.3 Å². The molecule has 2 N–H and O–H groups in total. The number of aromatic nitrogens is 2. The number of rotatable bonds is 3. The molecule has 0 unspecified atom stereocenters. The number of benzene rings is 1. The van der Waals surface area contributed by atoms with Crippen molar-refractivity contribution >= 4 is 22.8 Å². The third-order valence-electron chi connectivity index (χ3n) is 5.22. The minimum atomic E-state index is -1.19. The standard InChI is InChI=1S/C19H18N2O4/c1-3-20-13-7-5-4-6-11(13)12-8-14-17(19(24)25)16(18(22)23)10(2)21(14)9-15(12)20/h4-7H,3,8-9H2,1-2H3,(H,22,23)(H,24,25). The lowest BCUT2D eigenvalue weighted by Crippen LogP contribution is -2.18. The molecule has 2 aromatic heterocycles. The maximum absolute atomic E-state index is 11.8. The summed E-state index contributed by atoms with van der Waals surface area (Å²) >= 11 is 0. The predicted octanol–water partition coefficient (Wildman–Crippen LogP) is 3.12. The molecule has 0 radical (unpaired) electrons. The normalized spacial score (nSPS) is 12.9. The van der Waals surface area contributed by atoms with Crippen LogP contribution < -0.4 is 0 Å². The number of para-hydroxylation sites is 1. The van der Waals surface area contributed by atoms with Crippen molar-refractivity contribution in [1.82, 2.24) is 9.13 Å². The van der Waals surface area contributed by atoms with Gasteiger partial charge in [0.25, 0.3) is 0 Å². The molecule has 3 aromatic rings. The third kappa shape index (κ3) is 1.97. The number of hydrogen-bond acceptors (Lipinski definition) is 2. The van der Waals surface area contributed by atoms with Crippen LogP contribution in [-0.4, -0.2) is 31.3 Å². The molecule has 0 fully saturated rings. The van der Waals surface area contributed by atoms with Crippen LogP contribution in [0.3, 0.4) is 0 Å². The summed E-state index contributed by atoms with van der Waals surface area (Å²) in [6, 6.07) is 8.09. The van der Waals surface area contributed by atoms with Gasteiger partial charge in [-0.1, -0.05) is 18.2 Å². The molecule has 0 bridgehead atoms. The molecule has 0 spiro atoms. The van der Waals surface area contributed by atoms with E-state index in [1.165, 1.54) is 0 Å². The summed E-state index contributed by atoms with van der Waals surface area (Å²) in [4.78, 5) is 23.4. The lowest BCUT2D eigenvalue weighted by Gasteiger charge is -2.21. The molecule has 1 aliphatic rings. The van der Waals surface area contributed by atoms with Gasteiger partial charge in [0, 0.05) is 41.0 Å². The van der Waals surface area contributed by atoms with E-state index in [2.05, 4.69) is 17.6 Å². The highest BCUT2D eigenvalue weighted by molar-refractivity contribution is 6.04. The molecule has 3 heterocycles. The fraction of sp³-hybridized carbons (Fsp3) is 0.263. The molecular formula is C19H18N2O4. The molecule has 128 valence electrons. The summed E-state index contributed by atoms with van der Waals surface area (Å²) in [5.74, 6) is -2.37. The van der Waals surface area contributed by atoms with E-state index in [-0.39, 0.29) is 11.1 Å². The molecule has 4 rings (SSSR count). The van der Waals surface area contributed by atoms with Crippen LogP contribution in [0, 0.1) is 6.92 Å². The van der Waals surface area contributed by atoms with Crippen LogP contribution in [0.15, 0.2) is 24.3 Å². The first kappa shape index (κ1) is 15.5. The fourth-order valence-corrected chi connectivity index (χ4v) is 4.17. The quantitative estimate of drug-likeness (QED) is 0.601. The van der Waals surface area contributed by atoms with Gasteiger partial charge in [-0.05, 0) is 25.5 Å². The van der Waals surface area contributed by atoms with Gasteiger partial charge in [-0.15, -0.1) is 0 Å². The highest BCUT2D eigenvalue weighted by atomic mass is 16.4. The second-order valence-corrected chi connectivity index (χ2v) is 6.34. The summed E-state index contributed by atoms with van der Waals surface area (Å²) in [7, 11) is 0. The van der Waals surface area contributed by atoms with Crippen molar-refractivity contribution in [2.75, 3.05) is 0 Å². The molecule has 25 heavy (non-hydrogen) atoms. The molecule has 0 atom stereocenters. The van der Waals surface area contributed by atoms with Crippen LogP contribution in [0.4, 0.5) is 0 Å². The van der Waals surface area contributed by atoms with E-state index in [1.807, 2.05) is 22.8 Å². The first-order valence-electron chi connectivity index (χ1n) is 8.23. The number of hydrogen-bond donors (Lipinski definition) is 2. The van der Waals surface area contributed by atoms with Gasteiger partial charge >= 0.3 is 11.9 Å². The SMILES string of the molecule is CCn1c2c(c3ccccc31)Cc1c(C(=O)O)c(C(=O)O)c(C)n1C2. The molecule has 1 aliphatic heterocycles. The van der Waals surface area contributed by atoms with Crippen molar-refractivity contribution in [1.29, 1.82) is 0 Å². The second kappa shape index (κ2) is 5.24. The Morgan fingerprint density at radius 2 is 1.76 bits per heavy atom. The zero-order chi connectivity index (χ0) is 17.9. The molecule has 0 saturated heterocycles. The van der Waals surface area contributed by atoms with Crippen LogP contribution in [0.1, 0.15) is 50.3 Å². The molecule has 0 saturated carbocycles. The Bertz CT molecular complexity index is 1060. The molecule has 0 aliphatic carbocycles. The highest BCUT2D eigenvalue weighted by Gasteiger charge is 2.33. The number of carboxylic acids is 2. The second-order valence-electron chi connectivity index (χ2n) is 6.34. The van der Waals surface area contributed by atoms with Crippen molar-refractivity contribution in [3.05, 3.63) is 58.0 Å². The smallest absolute Gasteiger partial charge is 0.338 e. The van der Waals surface area contributed by atoms with Crippen molar-refractivity contribution in [3.8, 4) is 0 Å². The Kier molecular flexibility index (Phi) is 3.25. The summed E-state index contributed by atoms with van der Waals surface area (Å²) in [5.41, 5.74) is 4.26. The monoisotopic (exact) mass is 338 g/mol. The number of carboxylic acid groups (broad SMARTS) is 2. The van der Waals surface area contributed by atoms with Gasteiger partial charge in [0.05, 0.1) is 17.7 Å². The van der Waals surface area contributed by atoms with Crippen LogP contribution >= 0.6 is 0 Å². The summed E-state index contributed by atoms with van der Waals surface area (Å²) in [6.07, 6.45) is 0.429. The van der Waals surface area contributed by atoms with Crippen molar-refractivity contribution in [2.24, 2.45) is 0 Å². The van der Waals surface area contributed by atoms with E-state index in [0.717, 1.165) is 28.7 Å². The minimum Gasteiger partial charge on any atom is -0.478 e. The van der Waals surface area contributed by atoms with Crippen molar-refractivity contribution in [3.63, 3.8) is 0 Å². The van der Waals surface area contributed by atoms with E-state index in [1.54, 1.807) is 6.92 Å². The Balaban J connectivity index is 2.02. The van der Waals surface area contributed by atoms with E-state index in [0.29, 0.717) is 24.4 Å². The Labute approximate surface area is 143 Å². The lowest BCUT2D eigenvalue weighted by molar-refractivity contribution is 0.0651. The average molecular weight is 338 g/mol. The van der Waals surface area contributed by atoms with E-state index in [9.17, 15) is 19.8 Å². The predicted molar refractivity (Wildman–Crippen MR) is 92.6 cm³/mol. The van der Waals surface area contributed by atoms with E-state index >= 15 is 0 Å². The number of carbonyl (C=O) groups is 2. The van der Waals surface area contributed by atoms with Crippen molar-refractivity contribution < 1.29 is 19.8 Å². The molecule has 0 amide bonds. The lowest BCUT2D eigenvalue weighted by atomic mass is 9.99. The molecular weight excluding hydrogens is 320 g/mol. The minimum absolute atomic E-state index is 0.0796. The molecule has 1 aromatic carbocycles. The van der Waals surface area contributed by atoms with Gasteiger partial charge in [-0.2, -0.15) is 0 Å². The highest BCUT2D eigenvalue weighted by Crippen LogP contribution is 2.36. The summed E-state index contributed by atoms with van der Waals surface area (Å²) < 4.78 is 4.08.